The number of aromatic nitrogens is 2. The van der Waals surface area contributed by atoms with Gasteiger partial charge in [0.15, 0.2) is 11.5 Å². The van der Waals surface area contributed by atoms with Gasteiger partial charge in [-0.1, -0.05) is 0 Å². The Labute approximate surface area is 151 Å². The van der Waals surface area contributed by atoms with Gasteiger partial charge >= 0.3 is 6.61 Å². The first-order valence-electron chi connectivity index (χ1n) is 7.01. The summed E-state index contributed by atoms with van der Waals surface area (Å²) in [5.74, 6) is -0.192. The summed E-state index contributed by atoms with van der Waals surface area (Å²) in [6, 6.07) is 4.22. The van der Waals surface area contributed by atoms with Crippen molar-refractivity contribution in [1.82, 2.24) is 9.78 Å². The van der Waals surface area contributed by atoms with Gasteiger partial charge in [0.1, 0.15) is 0 Å². The predicted molar refractivity (Wildman–Crippen MR) is 92.6 cm³/mol. The van der Waals surface area contributed by atoms with Crippen LogP contribution in [0.3, 0.4) is 0 Å². The van der Waals surface area contributed by atoms with E-state index in [0.717, 1.165) is 9.26 Å². The quantitative estimate of drug-likeness (QED) is 0.656. The van der Waals surface area contributed by atoms with E-state index in [1.54, 1.807) is 10.9 Å². The molecule has 0 aliphatic heterocycles. The monoisotopic (exact) mass is 451 g/mol. The molecule has 0 aliphatic carbocycles. The van der Waals surface area contributed by atoms with Gasteiger partial charge in [-0.05, 0) is 41.6 Å². The van der Waals surface area contributed by atoms with Gasteiger partial charge in [-0.3, -0.25) is 9.48 Å². The van der Waals surface area contributed by atoms with Gasteiger partial charge in [-0.25, -0.2) is 0 Å². The molecular formula is C15H16F2IN3O3. The lowest BCUT2D eigenvalue weighted by Gasteiger charge is -2.12. The second kappa shape index (κ2) is 8.27. The van der Waals surface area contributed by atoms with Crippen LogP contribution in [-0.2, 0) is 11.3 Å². The molecule has 24 heavy (non-hydrogen) atoms. The van der Waals surface area contributed by atoms with Crippen molar-refractivity contribution in [3.63, 3.8) is 0 Å². The van der Waals surface area contributed by atoms with Crippen LogP contribution in [0, 0.1) is 10.5 Å². The van der Waals surface area contributed by atoms with Crippen LogP contribution in [0.4, 0.5) is 14.5 Å². The number of nitrogens with zero attached hydrogens (tertiary/aromatic N) is 2. The van der Waals surface area contributed by atoms with Crippen LogP contribution < -0.4 is 14.8 Å². The van der Waals surface area contributed by atoms with Crippen LogP contribution >= 0.6 is 22.6 Å². The lowest BCUT2D eigenvalue weighted by molar-refractivity contribution is -0.116. The van der Waals surface area contributed by atoms with E-state index in [4.69, 9.17) is 4.74 Å². The fourth-order valence-electron chi connectivity index (χ4n) is 2.02. The van der Waals surface area contributed by atoms with Gasteiger partial charge in [0, 0.05) is 23.9 Å². The summed E-state index contributed by atoms with van der Waals surface area (Å²) in [5, 5.41) is 6.87. The first kappa shape index (κ1) is 18.4. The number of aryl methyl sites for hydroxylation is 1. The van der Waals surface area contributed by atoms with E-state index in [2.05, 4.69) is 37.7 Å². The molecule has 130 valence electrons. The second-order valence-corrected chi connectivity index (χ2v) is 6.01. The average molecular weight is 451 g/mol. The highest BCUT2D eigenvalue weighted by Gasteiger charge is 2.12. The van der Waals surface area contributed by atoms with E-state index < -0.39 is 6.61 Å². The van der Waals surface area contributed by atoms with Gasteiger partial charge in [-0.2, -0.15) is 13.9 Å². The topological polar surface area (TPSA) is 65.4 Å². The van der Waals surface area contributed by atoms with Crippen molar-refractivity contribution in [2.24, 2.45) is 0 Å². The van der Waals surface area contributed by atoms with Crippen molar-refractivity contribution in [2.75, 3.05) is 12.4 Å². The van der Waals surface area contributed by atoms with Crippen LogP contribution in [-0.4, -0.2) is 29.4 Å². The Hall–Kier alpha value is -1.91. The van der Waals surface area contributed by atoms with Gasteiger partial charge in [0.2, 0.25) is 5.91 Å². The first-order chi connectivity index (χ1) is 11.4. The highest BCUT2D eigenvalue weighted by Crippen LogP contribution is 2.31. The molecule has 1 heterocycles. The van der Waals surface area contributed by atoms with Crippen molar-refractivity contribution >= 4 is 34.2 Å². The maximum absolute atomic E-state index is 12.3. The zero-order chi connectivity index (χ0) is 17.7. The van der Waals surface area contributed by atoms with Gasteiger partial charge in [0.05, 0.1) is 23.4 Å². The van der Waals surface area contributed by atoms with Crippen molar-refractivity contribution < 1.29 is 23.0 Å². The molecule has 0 saturated heterocycles. The summed E-state index contributed by atoms with van der Waals surface area (Å²) < 4.78 is 36.7. The molecule has 1 aromatic heterocycles. The molecule has 1 amide bonds. The Morgan fingerprint density at radius 1 is 1.42 bits per heavy atom. The molecule has 0 saturated carbocycles. The number of nitrogens with one attached hydrogen (secondary N) is 1. The zero-order valence-corrected chi connectivity index (χ0v) is 15.2. The molecule has 1 N–H and O–H groups in total. The standard InChI is InChI=1S/C15H16F2IN3O3/c1-9-11(18)8-19-21(9)6-5-14(22)20-10-3-4-12(24-15(16)17)13(7-10)23-2/h3-4,7-8,15H,5-6H2,1-2H3,(H,20,22). The number of hydrogen-bond donors (Lipinski definition) is 1. The number of carbonyl (C=O) groups is 1. The van der Waals surface area contributed by atoms with Gasteiger partial charge in [-0.15, -0.1) is 0 Å². The fraction of sp³-hybridized carbons (Fsp3) is 0.333. The number of benzene rings is 1. The molecule has 0 bridgehead atoms. The molecule has 0 radical (unpaired) electrons. The number of halogens is 3. The number of rotatable bonds is 7. The maximum atomic E-state index is 12.3. The average Bonchev–Trinajstić information content (AvgIpc) is 2.85. The summed E-state index contributed by atoms with van der Waals surface area (Å²) in [7, 11) is 1.33. The Morgan fingerprint density at radius 3 is 2.75 bits per heavy atom. The van der Waals surface area contributed by atoms with Crippen LogP contribution in [0.2, 0.25) is 0 Å². The summed E-state index contributed by atoms with van der Waals surface area (Å²) in [6.07, 6.45) is 1.97. The number of anilines is 1. The highest BCUT2D eigenvalue weighted by atomic mass is 127. The molecule has 9 heteroatoms. The van der Waals surface area contributed by atoms with E-state index in [0.29, 0.717) is 12.2 Å². The van der Waals surface area contributed by atoms with Crippen molar-refractivity contribution in [3.05, 3.63) is 33.7 Å². The molecule has 0 atom stereocenters. The number of carbonyl (C=O) groups excluding carboxylic acids is 1. The molecular weight excluding hydrogens is 435 g/mol. The third-order valence-corrected chi connectivity index (χ3v) is 4.32. The SMILES string of the molecule is COc1cc(NC(=O)CCn2ncc(I)c2C)ccc1OC(F)F. The number of alkyl halides is 2. The summed E-state index contributed by atoms with van der Waals surface area (Å²) >= 11 is 2.18. The summed E-state index contributed by atoms with van der Waals surface area (Å²) in [4.78, 5) is 12.0. The molecule has 0 spiro atoms. The molecule has 0 aliphatic rings. The predicted octanol–water partition coefficient (Wildman–Crippen LogP) is 3.43. The fourth-order valence-corrected chi connectivity index (χ4v) is 2.42. The molecule has 6 nitrogen and oxygen atoms in total. The van der Waals surface area contributed by atoms with Crippen LogP contribution in [0.25, 0.3) is 0 Å². The minimum atomic E-state index is -2.94. The van der Waals surface area contributed by atoms with Crippen molar-refractivity contribution in [1.29, 1.82) is 0 Å². The lowest BCUT2D eigenvalue weighted by atomic mass is 10.2. The van der Waals surface area contributed by atoms with Crippen LogP contribution in [0.1, 0.15) is 12.1 Å². The van der Waals surface area contributed by atoms with Gasteiger partial charge < -0.3 is 14.8 Å². The van der Waals surface area contributed by atoms with E-state index in [1.807, 2.05) is 6.92 Å². The number of amides is 1. The molecule has 1 aromatic carbocycles. The Bertz CT molecular complexity index is 722. The largest absolute Gasteiger partial charge is 0.493 e. The third kappa shape index (κ3) is 4.79. The van der Waals surface area contributed by atoms with E-state index >= 15 is 0 Å². The number of methoxy groups -OCH3 is 1. The normalized spacial score (nSPS) is 10.8. The van der Waals surface area contributed by atoms with Crippen LogP contribution in [0.5, 0.6) is 11.5 Å². The van der Waals surface area contributed by atoms with Crippen LogP contribution in [0.15, 0.2) is 24.4 Å². The molecule has 0 fully saturated rings. The Balaban J connectivity index is 1.97. The van der Waals surface area contributed by atoms with Crippen molar-refractivity contribution in [2.45, 2.75) is 26.5 Å². The molecule has 0 unspecified atom stereocenters. The highest BCUT2D eigenvalue weighted by molar-refractivity contribution is 14.1. The Morgan fingerprint density at radius 2 is 2.17 bits per heavy atom. The first-order valence-corrected chi connectivity index (χ1v) is 8.09. The minimum absolute atomic E-state index is 0.0905. The minimum Gasteiger partial charge on any atom is -0.493 e. The Kier molecular flexibility index (Phi) is 6.35. The number of ether oxygens (including phenoxy) is 2. The smallest absolute Gasteiger partial charge is 0.387 e. The second-order valence-electron chi connectivity index (χ2n) is 4.84. The molecule has 2 rings (SSSR count). The maximum Gasteiger partial charge on any atom is 0.387 e. The summed E-state index contributed by atoms with van der Waals surface area (Å²) in [6.45, 7) is -0.566. The molecule has 2 aromatic rings. The van der Waals surface area contributed by atoms with E-state index in [9.17, 15) is 13.6 Å². The number of hydrogen-bond acceptors (Lipinski definition) is 4. The third-order valence-electron chi connectivity index (χ3n) is 3.26. The lowest BCUT2D eigenvalue weighted by Crippen LogP contribution is -2.15. The van der Waals surface area contributed by atoms with E-state index in [1.165, 1.54) is 25.3 Å². The van der Waals surface area contributed by atoms with Crippen molar-refractivity contribution in [3.8, 4) is 11.5 Å². The summed E-state index contributed by atoms with van der Waals surface area (Å²) in [5.41, 5.74) is 1.43. The van der Waals surface area contributed by atoms with Gasteiger partial charge in [0.25, 0.3) is 0 Å². The zero-order valence-electron chi connectivity index (χ0n) is 13.1. The van der Waals surface area contributed by atoms with E-state index in [-0.39, 0.29) is 23.8 Å².